The standard InChI is InChI=1S/C23H21FN6O4S/c1-12-7-15(20-17(24)5-4-6-19(20)33-3)16(9-25-12)21(32)28-22-29-30-23(35-22)34-11-14-8-27-18(10-26-14)13(2)31/h4-10,13,31H,11H2,1-3H3,(H,28,29,32)/t13-/m0/s1. The quantitative estimate of drug-likeness (QED) is 0.374. The van der Waals surface area contributed by atoms with Crippen molar-refractivity contribution < 1.29 is 23.8 Å². The fourth-order valence-corrected chi connectivity index (χ4v) is 3.75. The third-order valence-electron chi connectivity index (χ3n) is 4.87. The number of halogens is 1. The molecule has 2 N–H and O–H groups in total. The fraction of sp³-hybridized carbons (Fsp3) is 0.217. The van der Waals surface area contributed by atoms with Gasteiger partial charge < -0.3 is 14.6 Å². The Balaban J connectivity index is 1.50. The number of rotatable bonds is 8. The van der Waals surface area contributed by atoms with E-state index in [-0.39, 0.29) is 28.1 Å². The minimum absolute atomic E-state index is 0.0782. The maximum Gasteiger partial charge on any atom is 0.296 e. The van der Waals surface area contributed by atoms with E-state index >= 15 is 0 Å². The molecule has 35 heavy (non-hydrogen) atoms. The van der Waals surface area contributed by atoms with E-state index < -0.39 is 17.8 Å². The van der Waals surface area contributed by atoms with Crippen molar-refractivity contribution in [1.82, 2.24) is 25.1 Å². The van der Waals surface area contributed by atoms with Gasteiger partial charge in [0.2, 0.25) is 5.13 Å². The number of aliphatic hydroxyl groups excluding tert-OH is 1. The maximum absolute atomic E-state index is 14.7. The fourth-order valence-electron chi connectivity index (χ4n) is 3.16. The number of hydrogen-bond acceptors (Lipinski definition) is 10. The summed E-state index contributed by atoms with van der Waals surface area (Å²) in [4.78, 5) is 25.5. The highest BCUT2D eigenvalue weighted by molar-refractivity contribution is 7.17. The molecule has 1 aromatic carbocycles. The summed E-state index contributed by atoms with van der Waals surface area (Å²) in [6.45, 7) is 3.42. The lowest BCUT2D eigenvalue weighted by atomic mass is 9.98. The maximum atomic E-state index is 14.7. The zero-order valence-electron chi connectivity index (χ0n) is 19.0. The van der Waals surface area contributed by atoms with Gasteiger partial charge in [0.1, 0.15) is 18.2 Å². The van der Waals surface area contributed by atoms with Crippen LogP contribution in [0.3, 0.4) is 0 Å². The Morgan fingerprint density at radius 3 is 2.74 bits per heavy atom. The Labute approximate surface area is 203 Å². The number of hydrogen-bond donors (Lipinski definition) is 2. The summed E-state index contributed by atoms with van der Waals surface area (Å²) in [5.41, 5.74) is 2.24. The lowest BCUT2D eigenvalue weighted by Gasteiger charge is -2.14. The van der Waals surface area contributed by atoms with Crippen LogP contribution in [0.15, 0.2) is 42.9 Å². The van der Waals surface area contributed by atoms with Gasteiger partial charge in [-0.25, -0.2) is 4.39 Å². The van der Waals surface area contributed by atoms with E-state index in [9.17, 15) is 14.3 Å². The summed E-state index contributed by atoms with van der Waals surface area (Å²) in [6.07, 6.45) is 3.62. The van der Waals surface area contributed by atoms with Crippen molar-refractivity contribution in [3.8, 4) is 22.1 Å². The molecule has 180 valence electrons. The summed E-state index contributed by atoms with van der Waals surface area (Å²) < 4.78 is 25.6. The molecule has 3 aromatic heterocycles. The average Bonchev–Trinajstić information content (AvgIpc) is 3.29. The van der Waals surface area contributed by atoms with Crippen LogP contribution in [0.25, 0.3) is 11.1 Å². The Morgan fingerprint density at radius 1 is 1.20 bits per heavy atom. The zero-order chi connectivity index (χ0) is 24.9. The van der Waals surface area contributed by atoms with E-state index in [0.717, 1.165) is 11.3 Å². The Hall–Kier alpha value is -4.03. The minimum atomic E-state index is -0.712. The first-order chi connectivity index (χ1) is 16.9. The van der Waals surface area contributed by atoms with Crippen LogP contribution in [0, 0.1) is 12.7 Å². The van der Waals surface area contributed by atoms with Gasteiger partial charge in [-0.05, 0) is 43.4 Å². The number of aryl methyl sites for hydroxylation is 1. The topological polar surface area (TPSA) is 132 Å². The third-order valence-corrected chi connectivity index (χ3v) is 5.62. The van der Waals surface area contributed by atoms with Gasteiger partial charge in [0, 0.05) is 17.5 Å². The Morgan fingerprint density at radius 2 is 2.03 bits per heavy atom. The lowest BCUT2D eigenvalue weighted by Crippen LogP contribution is -2.14. The number of benzene rings is 1. The van der Waals surface area contributed by atoms with Crippen molar-refractivity contribution in [1.29, 1.82) is 0 Å². The second-order valence-corrected chi connectivity index (χ2v) is 8.35. The molecular weight excluding hydrogens is 475 g/mol. The molecule has 0 radical (unpaired) electrons. The molecule has 4 aromatic rings. The summed E-state index contributed by atoms with van der Waals surface area (Å²) in [6, 6.07) is 6.06. The molecule has 0 unspecified atom stereocenters. The van der Waals surface area contributed by atoms with Gasteiger partial charge in [-0.3, -0.25) is 25.1 Å². The highest BCUT2D eigenvalue weighted by Crippen LogP contribution is 2.35. The van der Waals surface area contributed by atoms with Gasteiger partial charge in [-0.15, -0.1) is 5.10 Å². The Bertz CT molecular complexity index is 1350. The van der Waals surface area contributed by atoms with E-state index in [1.165, 1.54) is 37.8 Å². The first-order valence-electron chi connectivity index (χ1n) is 10.4. The lowest BCUT2D eigenvalue weighted by molar-refractivity contribution is 0.102. The second-order valence-electron chi connectivity index (χ2n) is 7.41. The van der Waals surface area contributed by atoms with Crippen LogP contribution in [0.4, 0.5) is 9.52 Å². The number of aromatic nitrogens is 5. The van der Waals surface area contributed by atoms with Crippen molar-refractivity contribution >= 4 is 22.4 Å². The van der Waals surface area contributed by atoms with Crippen LogP contribution >= 0.6 is 11.3 Å². The average molecular weight is 497 g/mol. The molecule has 0 fully saturated rings. The van der Waals surface area contributed by atoms with E-state index in [2.05, 4.69) is 30.5 Å². The number of amides is 1. The molecule has 0 aliphatic carbocycles. The molecule has 4 rings (SSSR count). The number of nitrogens with zero attached hydrogens (tertiary/aromatic N) is 5. The molecule has 0 saturated heterocycles. The molecule has 0 aliphatic rings. The van der Waals surface area contributed by atoms with Crippen molar-refractivity contribution in [3.63, 3.8) is 0 Å². The number of anilines is 1. The number of nitrogens with one attached hydrogen (secondary N) is 1. The van der Waals surface area contributed by atoms with E-state index in [1.807, 2.05) is 0 Å². The molecule has 10 nitrogen and oxygen atoms in total. The van der Waals surface area contributed by atoms with Gasteiger partial charge >= 0.3 is 0 Å². The van der Waals surface area contributed by atoms with E-state index in [0.29, 0.717) is 28.4 Å². The van der Waals surface area contributed by atoms with Gasteiger partial charge in [0.05, 0.1) is 48.1 Å². The molecule has 12 heteroatoms. The summed E-state index contributed by atoms with van der Waals surface area (Å²) in [5, 5.41) is 20.4. The smallest absolute Gasteiger partial charge is 0.296 e. The number of carbonyl (C=O) groups is 1. The SMILES string of the molecule is COc1cccc(F)c1-c1cc(C)ncc1C(=O)Nc1nnc(OCc2cnc([C@H](C)O)cn2)s1. The second kappa shape index (κ2) is 10.5. The van der Waals surface area contributed by atoms with Crippen molar-refractivity contribution in [2.24, 2.45) is 0 Å². The number of aliphatic hydroxyl groups is 1. The number of methoxy groups -OCH3 is 1. The number of pyridine rings is 1. The van der Waals surface area contributed by atoms with Gasteiger partial charge in [-0.1, -0.05) is 11.2 Å². The zero-order valence-corrected chi connectivity index (χ0v) is 19.8. The van der Waals surface area contributed by atoms with Crippen LogP contribution in [0.1, 0.15) is 40.5 Å². The predicted molar refractivity (Wildman–Crippen MR) is 126 cm³/mol. The molecule has 0 spiro atoms. The van der Waals surface area contributed by atoms with Crippen molar-refractivity contribution in [2.45, 2.75) is 26.6 Å². The summed E-state index contributed by atoms with van der Waals surface area (Å²) in [5.74, 6) is -0.777. The first-order valence-corrected chi connectivity index (χ1v) is 11.2. The van der Waals surface area contributed by atoms with Crippen LogP contribution in [0.2, 0.25) is 0 Å². The van der Waals surface area contributed by atoms with Crippen LogP contribution in [-0.2, 0) is 6.61 Å². The minimum Gasteiger partial charge on any atom is -0.496 e. The largest absolute Gasteiger partial charge is 0.496 e. The molecule has 1 amide bonds. The number of ether oxygens (including phenoxy) is 2. The van der Waals surface area contributed by atoms with Gasteiger partial charge in [-0.2, -0.15) is 0 Å². The van der Waals surface area contributed by atoms with Crippen LogP contribution in [-0.4, -0.2) is 43.3 Å². The van der Waals surface area contributed by atoms with Crippen molar-refractivity contribution in [2.75, 3.05) is 12.4 Å². The molecule has 1 atom stereocenters. The summed E-state index contributed by atoms with van der Waals surface area (Å²) >= 11 is 1.02. The molecule has 0 bridgehead atoms. The molecule has 0 aliphatic heterocycles. The predicted octanol–water partition coefficient (Wildman–Crippen LogP) is 3.73. The van der Waals surface area contributed by atoms with Crippen molar-refractivity contribution in [3.05, 3.63) is 71.3 Å². The highest BCUT2D eigenvalue weighted by Gasteiger charge is 2.21. The Kier molecular flexibility index (Phi) is 7.22. The monoisotopic (exact) mass is 496 g/mol. The third kappa shape index (κ3) is 5.55. The molecular formula is C23H21FN6O4S. The molecule has 3 heterocycles. The van der Waals surface area contributed by atoms with Gasteiger partial charge in [0.25, 0.3) is 11.1 Å². The van der Waals surface area contributed by atoms with E-state index in [1.54, 1.807) is 26.0 Å². The summed E-state index contributed by atoms with van der Waals surface area (Å²) in [7, 11) is 1.43. The number of carbonyl (C=O) groups excluding carboxylic acids is 1. The molecule has 0 saturated carbocycles. The van der Waals surface area contributed by atoms with Crippen LogP contribution in [0.5, 0.6) is 10.9 Å². The highest BCUT2D eigenvalue weighted by atomic mass is 32.1. The normalized spacial score (nSPS) is 11.7. The van der Waals surface area contributed by atoms with Crippen LogP contribution < -0.4 is 14.8 Å². The van der Waals surface area contributed by atoms with Gasteiger partial charge in [0.15, 0.2) is 0 Å². The first kappa shape index (κ1) is 24.1. The van der Waals surface area contributed by atoms with E-state index in [4.69, 9.17) is 9.47 Å².